The van der Waals surface area contributed by atoms with E-state index in [1.165, 1.54) is 0 Å². The van der Waals surface area contributed by atoms with Gasteiger partial charge in [0.1, 0.15) is 0 Å². The average Bonchev–Trinajstić information content (AvgIpc) is 2.67. The lowest BCUT2D eigenvalue weighted by atomic mass is 10.2. The number of carbonyl (C=O) groups is 1. The molecule has 0 aromatic rings. The highest BCUT2D eigenvalue weighted by Gasteiger charge is 2.30. The Bertz CT molecular complexity index is 245. The van der Waals surface area contributed by atoms with Crippen LogP contribution >= 0.6 is 0 Å². The zero-order valence-electron chi connectivity index (χ0n) is 11.7. The third kappa shape index (κ3) is 3.96. The molecule has 4 heteroatoms. The molecule has 17 heavy (non-hydrogen) atoms. The number of carbonyl (C=O) groups excluding carboxylic acids is 1. The Kier molecular flexibility index (Phi) is 5.92. The molecule has 0 aromatic carbocycles. The van der Waals surface area contributed by atoms with Crippen LogP contribution in [0.15, 0.2) is 0 Å². The molecule has 1 aliphatic heterocycles. The maximum atomic E-state index is 12.0. The van der Waals surface area contributed by atoms with Crippen LogP contribution in [-0.4, -0.2) is 61.0 Å². The number of hydrogen-bond donors (Lipinski definition) is 1. The Morgan fingerprint density at radius 1 is 1.53 bits per heavy atom. The van der Waals surface area contributed by atoms with E-state index in [9.17, 15) is 4.79 Å². The summed E-state index contributed by atoms with van der Waals surface area (Å²) in [5.41, 5.74) is 0. The number of likely N-dealkylation sites (tertiary alicyclic amines) is 1. The molecule has 1 aliphatic rings. The van der Waals surface area contributed by atoms with Crippen LogP contribution in [0.1, 0.15) is 33.6 Å². The fraction of sp³-hybridized carbons (Fsp3) is 0.923. The largest absolute Gasteiger partial charge is 0.340 e. The van der Waals surface area contributed by atoms with E-state index in [-0.39, 0.29) is 11.9 Å². The van der Waals surface area contributed by atoms with Crippen molar-refractivity contribution >= 4 is 5.91 Å². The van der Waals surface area contributed by atoms with E-state index < -0.39 is 0 Å². The molecule has 4 nitrogen and oxygen atoms in total. The second-order valence-electron chi connectivity index (χ2n) is 4.96. The zero-order chi connectivity index (χ0) is 12.8. The van der Waals surface area contributed by atoms with E-state index in [4.69, 9.17) is 0 Å². The molecule has 0 saturated carbocycles. The van der Waals surface area contributed by atoms with Crippen molar-refractivity contribution in [3.05, 3.63) is 0 Å². The summed E-state index contributed by atoms with van der Waals surface area (Å²) in [7, 11) is 2.14. The van der Waals surface area contributed by atoms with E-state index in [1.807, 2.05) is 11.8 Å². The quantitative estimate of drug-likeness (QED) is 0.720. The molecule has 0 aliphatic carbocycles. The summed E-state index contributed by atoms with van der Waals surface area (Å²) >= 11 is 0. The predicted octanol–water partition coefficient (Wildman–Crippen LogP) is 0.927. The fourth-order valence-electron chi connectivity index (χ4n) is 2.21. The van der Waals surface area contributed by atoms with Gasteiger partial charge in [0, 0.05) is 25.7 Å². The SMILES string of the molecule is CCNC1CCN(CCN(C)C(C)CC)C1=O. The number of nitrogens with one attached hydrogen (secondary N) is 1. The highest BCUT2D eigenvalue weighted by molar-refractivity contribution is 5.83. The smallest absolute Gasteiger partial charge is 0.239 e. The minimum absolute atomic E-state index is 0.0638. The number of likely N-dealkylation sites (N-methyl/N-ethyl adjacent to an activating group) is 2. The van der Waals surface area contributed by atoms with Crippen LogP contribution in [0.3, 0.4) is 0 Å². The van der Waals surface area contributed by atoms with Crippen LogP contribution in [0.2, 0.25) is 0 Å². The molecule has 0 radical (unpaired) electrons. The van der Waals surface area contributed by atoms with E-state index in [0.29, 0.717) is 6.04 Å². The van der Waals surface area contributed by atoms with Crippen molar-refractivity contribution in [2.75, 3.05) is 33.2 Å². The summed E-state index contributed by atoms with van der Waals surface area (Å²) in [6.45, 7) is 10.1. The van der Waals surface area contributed by atoms with Crippen molar-refractivity contribution in [3.8, 4) is 0 Å². The highest BCUT2D eigenvalue weighted by Crippen LogP contribution is 2.11. The molecular weight excluding hydrogens is 214 g/mol. The first kappa shape index (κ1) is 14.5. The van der Waals surface area contributed by atoms with Gasteiger partial charge in [-0.1, -0.05) is 13.8 Å². The van der Waals surface area contributed by atoms with Gasteiger partial charge in [0.2, 0.25) is 5.91 Å². The lowest BCUT2D eigenvalue weighted by Crippen LogP contribution is -2.42. The first-order chi connectivity index (χ1) is 8.10. The van der Waals surface area contributed by atoms with Crippen LogP contribution in [0.25, 0.3) is 0 Å². The number of amides is 1. The summed E-state index contributed by atoms with van der Waals surface area (Å²) < 4.78 is 0. The number of hydrogen-bond acceptors (Lipinski definition) is 3. The fourth-order valence-corrected chi connectivity index (χ4v) is 2.21. The zero-order valence-corrected chi connectivity index (χ0v) is 11.7. The second-order valence-corrected chi connectivity index (χ2v) is 4.96. The van der Waals surface area contributed by atoms with Gasteiger partial charge in [-0.15, -0.1) is 0 Å². The number of nitrogens with zero attached hydrogens (tertiary/aromatic N) is 2. The standard InChI is InChI=1S/C13H27N3O/c1-5-11(3)15(4)9-10-16-8-7-12(13(16)17)14-6-2/h11-12,14H,5-10H2,1-4H3. The summed E-state index contributed by atoms with van der Waals surface area (Å²) in [5, 5.41) is 3.24. The Balaban J connectivity index is 2.31. The van der Waals surface area contributed by atoms with Crippen molar-refractivity contribution < 1.29 is 4.79 Å². The first-order valence-electron chi connectivity index (χ1n) is 6.82. The van der Waals surface area contributed by atoms with E-state index in [1.54, 1.807) is 0 Å². The van der Waals surface area contributed by atoms with Crippen molar-refractivity contribution in [2.24, 2.45) is 0 Å². The maximum Gasteiger partial charge on any atom is 0.239 e. The maximum absolute atomic E-state index is 12.0. The molecule has 1 amide bonds. The topological polar surface area (TPSA) is 35.6 Å². The normalized spacial score (nSPS) is 22.5. The first-order valence-corrected chi connectivity index (χ1v) is 6.82. The molecule has 1 saturated heterocycles. The Morgan fingerprint density at radius 3 is 2.82 bits per heavy atom. The summed E-state index contributed by atoms with van der Waals surface area (Å²) in [6.07, 6.45) is 2.12. The van der Waals surface area contributed by atoms with E-state index in [2.05, 4.69) is 31.1 Å². The molecule has 1 fully saturated rings. The van der Waals surface area contributed by atoms with Gasteiger partial charge < -0.3 is 15.1 Å². The third-order valence-corrected chi connectivity index (χ3v) is 3.81. The lowest BCUT2D eigenvalue weighted by Gasteiger charge is -2.26. The second kappa shape index (κ2) is 6.97. The molecule has 0 bridgehead atoms. The molecule has 1 rings (SSSR count). The molecule has 0 spiro atoms. The average molecular weight is 241 g/mol. The van der Waals surface area contributed by atoms with Crippen molar-refractivity contribution in [1.82, 2.24) is 15.1 Å². The van der Waals surface area contributed by atoms with Crippen molar-refractivity contribution in [2.45, 2.75) is 45.7 Å². The van der Waals surface area contributed by atoms with Gasteiger partial charge in [0.05, 0.1) is 6.04 Å². The predicted molar refractivity (Wildman–Crippen MR) is 71.0 cm³/mol. The minimum Gasteiger partial charge on any atom is -0.340 e. The molecule has 1 N–H and O–H groups in total. The van der Waals surface area contributed by atoms with Crippen LogP contribution in [0, 0.1) is 0 Å². The Labute approximate surface area is 105 Å². The molecule has 1 heterocycles. The summed E-state index contributed by atoms with van der Waals surface area (Å²) in [5.74, 6) is 0.282. The van der Waals surface area contributed by atoms with E-state index >= 15 is 0 Å². The highest BCUT2D eigenvalue weighted by atomic mass is 16.2. The van der Waals surface area contributed by atoms with Gasteiger partial charge in [-0.25, -0.2) is 0 Å². The summed E-state index contributed by atoms with van der Waals surface area (Å²) in [6, 6.07) is 0.658. The van der Waals surface area contributed by atoms with Crippen LogP contribution in [-0.2, 0) is 4.79 Å². The molecule has 2 unspecified atom stereocenters. The van der Waals surface area contributed by atoms with Gasteiger partial charge in [0.15, 0.2) is 0 Å². The Hall–Kier alpha value is -0.610. The molecule has 0 aromatic heterocycles. The van der Waals surface area contributed by atoms with Gasteiger partial charge in [-0.2, -0.15) is 0 Å². The van der Waals surface area contributed by atoms with E-state index in [0.717, 1.165) is 39.0 Å². The monoisotopic (exact) mass is 241 g/mol. The Morgan fingerprint density at radius 2 is 2.24 bits per heavy atom. The van der Waals surface area contributed by atoms with Crippen LogP contribution in [0.5, 0.6) is 0 Å². The van der Waals surface area contributed by atoms with Gasteiger partial charge in [-0.05, 0) is 33.4 Å². The summed E-state index contributed by atoms with van der Waals surface area (Å²) in [4.78, 5) is 16.3. The van der Waals surface area contributed by atoms with Crippen LogP contribution in [0.4, 0.5) is 0 Å². The van der Waals surface area contributed by atoms with Gasteiger partial charge in [0.25, 0.3) is 0 Å². The molecular formula is C13H27N3O. The van der Waals surface area contributed by atoms with Gasteiger partial charge in [-0.3, -0.25) is 4.79 Å². The number of rotatable bonds is 7. The van der Waals surface area contributed by atoms with Crippen LogP contribution < -0.4 is 5.32 Å². The lowest BCUT2D eigenvalue weighted by molar-refractivity contribution is -0.129. The molecule has 2 atom stereocenters. The third-order valence-electron chi connectivity index (χ3n) is 3.81. The van der Waals surface area contributed by atoms with Crippen molar-refractivity contribution in [3.63, 3.8) is 0 Å². The molecule has 100 valence electrons. The van der Waals surface area contributed by atoms with Crippen molar-refractivity contribution in [1.29, 1.82) is 0 Å². The minimum atomic E-state index is 0.0638. The van der Waals surface area contributed by atoms with Gasteiger partial charge >= 0.3 is 0 Å².